The first-order chi connectivity index (χ1) is 8.68. The Morgan fingerprint density at radius 2 is 2.11 bits per heavy atom. The number of halogens is 1. The average Bonchev–Trinajstić information content (AvgIpc) is 3.15. The van der Waals surface area contributed by atoms with E-state index >= 15 is 0 Å². The largest absolute Gasteiger partial charge is 0.355 e. The molecule has 2 nitrogen and oxygen atoms in total. The molecular formula is C15H20FNO. The summed E-state index contributed by atoms with van der Waals surface area (Å²) in [6, 6.07) is 6.89. The Hall–Kier alpha value is -1.38. The Morgan fingerprint density at radius 3 is 2.72 bits per heavy atom. The van der Waals surface area contributed by atoms with E-state index in [1.165, 1.54) is 6.07 Å². The Morgan fingerprint density at radius 1 is 1.39 bits per heavy atom. The molecule has 0 aromatic heterocycles. The van der Waals surface area contributed by atoms with Crippen molar-refractivity contribution in [3.05, 3.63) is 35.6 Å². The van der Waals surface area contributed by atoms with Crippen LogP contribution in [0, 0.1) is 5.82 Å². The van der Waals surface area contributed by atoms with Crippen LogP contribution in [0.3, 0.4) is 0 Å². The minimum Gasteiger partial charge on any atom is -0.355 e. The summed E-state index contributed by atoms with van der Waals surface area (Å²) in [5.74, 6) is -0.0720. The van der Waals surface area contributed by atoms with Crippen LogP contribution in [-0.2, 0) is 10.2 Å². The van der Waals surface area contributed by atoms with Crippen LogP contribution in [0.1, 0.15) is 44.6 Å². The number of hydrogen-bond donors (Lipinski definition) is 1. The maximum absolute atomic E-state index is 13.7. The molecule has 0 aliphatic heterocycles. The first kappa shape index (κ1) is 13.1. The van der Waals surface area contributed by atoms with Gasteiger partial charge in [0.2, 0.25) is 5.91 Å². The lowest BCUT2D eigenvalue weighted by molar-refractivity contribution is -0.121. The highest BCUT2D eigenvalue weighted by atomic mass is 19.1. The van der Waals surface area contributed by atoms with Crippen molar-refractivity contribution < 1.29 is 9.18 Å². The normalized spacial score (nSPS) is 16.3. The van der Waals surface area contributed by atoms with Gasteiger partial charge in [-0.25, -0.2) is 4.39 Å². The number of nitrogens with one attached hydrogen (secondary N) is 1. The Labute approximate surface area is 108 Å². The van der Waals surface area contributed by atoms with Gasteiger partial charge in [0.05, 0.1) is 0 Å². The second-order valence-corrected chi connectivity index (χ2v) is 5.14. The summed E-state index contributed by atoms with van der Waals surface area (Å²) in [6.07, 6.45) is 4.43. The van der Waals surface area contributed by atoms with E-state index in [4.69, 9.17) is 0 Å². The molecule has 1 aromatic carbocycles. The van der Waals surface area contributed by atoms with Crippen molar-refractivity contribution in [3.63, 3.8) is 0 Å². The fraction of sp³-hybridized carbons (Fsp3) is 0.533. The number of unbranched alkanes of at least 4 members (excludes halogenated alkanes) is 1. The predicted octanol–water partition coefficient (Wildman–Crippen LogP) is 3.16. The van der Waals surface area contributed by atoms with E-state index < -0.39 is 0 Å². The fourth-order valence-electron chi connectivity index (χ4n) is 2.28. The van der Waals surface area contributed by atoms with Crippen LogP contribution in [0.5, 0.6) is 0 Å². The minimum atomic E-state index is -0.155. The summed E-state index contributed by atoms with van der Waals surface area (Å²) in [5, 5.41) is 2.94. The number of benzene rings is 1. The predicted molar refractivity (Wildman–Crippen MR) is 69.8 cm³/mol. The van der Waals surface area contributed by atoms with Crippen LogP contribution < -0.4 is 5.32 Å². The van der Waals surface area contributed by atoms with E-state index in [1.807, 2.05) is 12.1 Å². The molecule has 1 amide bonds. The molecule has 3 heteroatoms. The Bertz CT molecular complexity index is 426. The van der Waals surface area contributed by atoms with Crippen LogP contribution in [0.4, 0.5) is 4.39 Å². The molecule has 0 atom stereocenters. The first-order valence-corrected chi connectivity index (χ1v) is 6.70. The third kappa shape index (κ3) is 2.89. The molecule has 0 heterocycles. The molecule has 1 saturated carbocycles. The van der Waals surface area contributed by atoms with Gasteiger partial charge in [0.25, 0.3) is 0 Å². The van der Waals surface area contributed by atoms with E-state index in [0.29, 0.717) is 13.0 Å². The number of amides is 1. The molecular weight excluding hydrogens is 229 g/mol. The van der Waals surface area contributed by atoms with E-state index in [2.05, 4.69) is 12.2 Å². The SMILES string of the molecule is CCCCC(=O)NCC1(c2ccccc2F)CC1. The summed E-state index contributed by atoms with van der Waals surface area (Å²) < 4.78 is 13.7. The quantitative estimate of drug-likeness (QED) is 0.824. The van der Waals surface area contributed by atoms with Crippen molar-refractivity contribution >= 4 is 5.91 Å². The third-order valence-corrected chi connectivity index (χ3v) is 3.68. The molecule has 0 bridgehead atoms. The van der Waals surface area contributed by atoms with Crippen molar-refractivity contribution in [1.82, 2.24) is 5.32 Å². The highest BCUT2D eigenvalue weighted by Crippen LogP contribution is 2.48. The number of hydrogen-bond acceptors (Lipinski definition) is 1. The molecule has 18 heavy (non-hydrogen) atoms. The summed E-state index contributed by atoms with van der Waals surface area (Å²) in [6.45, 7) is 2.63. The first-order valence-electron chi connectivity index (χ1n) is 6.70. The van der Waals surface area contributed by atoms with Gasteiger partial charge in [-0.1, -0.05) is 31.5 Å². The fourth-order valence-corrected chi connectivity index (χ4v) is 2.28. The van der Waals surface area contributed by atoms with Gasteiger partial charge in [0.15, 0.2) is 0 Å². The lowest BCUT2D eigenvalue weighted by atomic mass is 9.95. The van der Waals surface area contributed by atoms with Gasteiger partial charge in [0, 0.05) is 18.4 Å². The van der Waals surface area contributed by atoms with E-state index in [1.54, 1.807) is 6.07 Å². The van der Waals surface area contributed by atoms with Crippen LogP contribution >= 0.6 is 0 Å². The van der Waals surface area contributed by atoms with Gasteiger partial charge in [-0.2, -0.15) is 0 Å². The van der Waals surface area contributed by atoms with Crippen molar-refractivity contribution in [3.8, 4) is 0 Å². The van der Waals surface area contributed by atoms with Gasteiger partial charge >= 0.3 is 0 Å². The van der Waals surface area contributed by atoms with E-state index in [0.717, 1.165) is 31.2 Å². The standard InChI is InChI=1S/C15H20FNO/c1-2-3-8-14(18)17-11-15(9-10-15)12-6-4-5-7-13(12)16/h4-7H,2-3,8-11H2,1H3,(H,17,18). The lowest BCUT2D eigenvalue weighted by Gasteiger charge is -2.17. The zero-order valence-electron chi connectivity index (χ0n) is 10.8. The summed E-state index contributed by atoms with van der Waals surface area (Å²) in [7, 11) is 0. The molecule has 0 unspecified atom stereocenters. The molecule has 2 rings (SSSR count). The smallest absolute Gasteiger partial charge is 0.220 e. The highest BCUT2D eigenvalue weighted by molar-refractivity contribution is 5.76. The van der Waals surface area contributed by atoms with Crippen molar-refractivity contribution in [1.29, 1.82) is 0 Å². The molecule has 0 saturated heterocycles. The average molecular weight is 249 g/mol. The molecule has 0 radical (unpaired) electrons. The van der Waals surface area contributed by atoms with Crippen LogP contribution in [0.15, 0.2) is 24.3 Å². The zero-order chi connectivity index (χ0) is 13.0. The highest BCUT2D eigenvalue weighted by Gasteiger charge is 2.45. The Balaban J connectivity index is 1.93. The van der Waals surface area contributed by atoms with Crippen LogP contribution in [0.25, 0.3) is 0 Å². The molecule has 0 spiro atoms. The van der Waals surface area contributed by atoms with Crippen molar-refractivity contribution in [2.24, 2.45) is 0 Å². The van der Waals surface area contributed by atoms with E-state index in [9.17, 15) is 9.18 Å². The molecule has 98 valence electrons. The lowest BCUT2D eigenvalue weighted by Crippen LogP contribution is -2.32. The monoisotopic (exact) mass is 249 g/mol. The third-order valence-electron chi connectivity index (χ3n) is 3.68. The summed E-state index contributed by atoms with van der Waals surface area (Å²) in [4.78, 5) is 11.6. The minimum absolute atomic E-state index is 0.0828. The molecule has 1 aliphatic carbocycles. The summed E-state index contributed by atoms with van der Waals surface area (Å²) >= 11 is 0. The molecule has 1 aliphatic rings. The van der Waals surface area contributed by atoms with Gasteiger partial charge in [-0.05, 0) is 30.9 Å². The topological polar surface area (TPSA) is 29.1 Å². The molecule has 1 aromatic rings. The number of carbonyl (C=O) groups excluding carboxylic acids is 1. The van der Waals surface area contributed by atoms with Crippen LogP contribution in [-0.4, -0.2) is 12.5 Å². The maximum atomic E-state index is 13.7. The second kappa shape index (κ2) is 5.51. The van der Waals surface area contributed by atoms with Crippen molar-refractivity contribution in [2.75, 3.05) is 6.54 Å². The van der Waals surface area contributed by atoms with Gasteiger partial charge in [0.1, 0.15) is 5.82 Å². The van der Waals surface area contributed by atoms with Gasteiger partial charge in [-0.3, -0.25) is 4.79 Å². The van der Waals surface area contributed by atoms with Gasteiger partial charge < -0.3 is 5.32 Å². The van der Waals surface area contributed by atoms with Gasteiger partial charge in [-0.15, -0.1) is 0 Å². The number of carbonyl (C=O) groups is 1. The second-order valence-electron chi connectivity index (χ2n) is 5.14. The number of rotatable bonds is 6. The van der Waals surface area contributed by atoms with Crippen molar-refractivity contribution in [2.45, 2.75) is 44.4 Å². The zero-order valence-corrected chi connectivity index (χ0v) is 10.8. The Kier molecular flexibility index (Phi) is 4.00. The van der Waals surface area contributed by atoms with Crippen LogP contribution in [0.2, 0.25) is 0 Å². The van der Waals surface area contributed by atoms with E-state index in [-0.39, 0.29) is 17.1 Å². The summed E-state index contributed by atoms with van der Waals surface area (Å²) in [5.41, 5.74) is 0.605. The molecule has 1 N–H and O–H groups in total. The molecule has 1 fully saturated rings. The maximum Gasteiger partial charge on any atom is 0.220 e.